The Labute approximate surface area is 331 Å². The van der Waals surface area contributed by atoms with Crippen LogP contribution in [0.2, 0.25) is 0 Å². The molecule has 29 nitrogen and oxygen atoms in total. The van der Waals surface area contributed by atoms with Crippen LogP contribution in [0.15, 0.2) is 0 Å². The molecule has 0 saturated carbocycles. The molecule has 59 heavy (non-hydrogen) atoms. The Kier molecular flexibility index (Phi) is 16.7. The highest BCUT2D eigenvalue weighted by Gasteiger charge is 2.63. The summed E-state index contributed by atoms with van der Waals surface area (Å²) in [5.41, 5.74) is 5.62. The quantitative estimate of drug-likeness (QED) is 0.0603. The Hall–Kier alpha value is -1.79. The molecule has 19 N–H and O–H groups in total. The van der Waals surface area contributed by atoms with Crippen molar-refractivity contribution in [3.63, 3.8) is 0 Å². The van der Waals surface area contributed by atoms with E-state index in [1.165, 1.54) is 0 Å². The van der Waals surface area contributed by atoms with Crippen LogP contribution in [0.4, 0.5) is 0 Å². The van der Waals surface area contributed by atoms with Crippen LogP contribution in [-0.2, 0) is 51.8 Å². The van der Waals surface area contributed by atoms with Gasteiger partial charge in [-0.05, 0) is 0 Å². The summed E-state index contributed by atoms with van der Waals surface area (Å²) in [5, 5.41) is 155. The van der Waals surface area contributed by atoms with Crippen LogP contribution in [0.5, 0.6) is 0 Å². The van der Waals surface area contributed by atoms with Crippen molar-refractivity contribution in [1.29, 1.82) is 0 Å². The molecule has 0 aromatic heterocycles. The number of phosphoric acid groups is 1. The number of rotatable bonds is 17. The van der Waals surface area contributed by atoms with Crippen LogP contribution >= 0.6 is 7.82 Å². The van der Waals surface area contributed by atoms with Crippen molar-refractivity contribution < 1.29 is 138 Å². The molecule has 0 unspecified atom stereocenters. The highest BCUT2D eigenvalue weighted by molar-refractivity contribution is 7.46. The first kappa shape index (κ1) is 49.9. The van der Waals surface area contributed by atoms with Crippen molar-refractivity contribution in [2.45, 2.75) is 141 Å². The van der Waals surface area contributed by atoms with Crippen molar-refractivity contribution in [3.05, 3.63) is 0 Å². The zero-order valence-electron chi connectivity index (χ0n) is 30.3. The normalized spacial score (nSPS) is 45.0. The van der Waals surface area contributed by atoms with Gasteiger partial charge in [0.15, 0.2) is 12.6 Å². The number of ether oxygens (including phenoxy) is 7. The monoisotopic (exact) mass is 891 g/mol. The number of carboxylic acids is 2. The second kappa shape index (κ2) is 19.7. The lowest BCUT2D eigenvalue weighted by Gasteiger charge is -2.52. The average Bonchev–Trinajstić information content (AvgIpc) is 3.17. The number of hydrogen-bond donors (Lipinski definition) is 18. The maximum absolute atomic E-state index is 13.1. The number of nitrogens with two attached hydrogens (primary N) is 1. The van der Waals surface area contributed by atoms with E-state index < -0.39 is 187 Å². The zero-order chi connectivity index (χ0) is 44.5. The van der Waals surface area contributed by atoms with Gasteiger partial charge in [-0.1, -0.05) is 0 Å². The van der Waals surface area contributed by atoms with Crippen LogP contribution < -0.4 is 5.73 Å². The van der Waals surface area contributed by atoms with Gasteiger partial charge in [-0.15, -0.1) is 0 Å². The molecule has 0 amide bonds. The number of hydrogen-bond acceptors (Lipinski definition) is 25. The minimum Gasteiger partial charge on any atom is -0.477 e. The minimum atomic E-state index is -5.51. The second-order valence-electron chi connectivity index (χ2n) is 14.2. The summed E-state index contributed by atoms with van der Waals surface area (Å²) in [6, 6.07) is -1.76. The fourth-order valence-corrected chi connectivity index (χ4v) is 7.50. The van der Waals surface area contributed by atoms with Crippen LogP contribution in [-0.4, -0.2) is 253 Å². The van der Waals surface area contributed by atoms with Crippen LogP contribution in [0.25, 0.3) is 0 Å². The van der Waals surface area contributed by atoms with E-state index in [1.54, 1.807) is 0 Å². The molecule has 30 heteroatoms. The van der Waals surface area contributed by atoms with Gasteiger partial charge in [-0.3, -0.25) is 4.52 Å². The smallest absolute Gasteiger partial charge is 0.470 e. The molecule has 0 spiro atoms. The molecule has 4 saturated heterocycles. The number of aliphatic hydroxyl groups is 13. The van der Waals surface area contributed by atoms with Crippen LogP contribution in [0, 0.1) is 0 Å². The third-order valence-corrected chi connectivity index (χ3v) is 10.6. The first-order valence-electron chi connectivity index (χ1n) is 17.6. The first-order chi connectivity index (χ1) is 27.4. The molecule has 21 atom stereocenters. The predicted molar refractivity (Wildman–Crippen MR) is 175 cm³/mol. The minimum absolute atomic E-state index is 1.10. The fourth-order valence-electron chi connectivity index (χ4n) is 6.92. The summed E-state index contributed by atoms with van der Waals surface area (Å²) >= 11 is 0. The lowest BCUT2D eigenvalue weighted by Crippen LogP contribution is -2.70. The van der Waals surface area contributed by atoms with E-state index in [-0.39, 0.29) is 0 Å². The molecular weight excluding hydrogens is 841 g/mol. The lowest BCUT2D eigenvalue weighted by molar-refractivity contribution is -0.399. The van der Waals surface area contributed by atoms with E-state index in [9.17, 15) is 101 Å². The Balaban J connectivity index is 1.84. The van der Waals surface area contributed by atoms with E-state index in [2.05, 4.69) is 4.52 Å². The highest BCUT2D eigenvalue weighted by Crippen LogP contribution is 2.44. The van der Waals surface area contributed by atoms with E-state index in [0.29, 0.717) is 0 Å². The lowest BCUT2D eigenvalue weighted by atomic mass is 9.89. The Morgan fingerprint density at radius 2 is 1.25 bits per heavy atom. The van der Waals surface area contributed by atoms with Crippen molar-refractivity contribution in [2.75, 3.05) is 26.4 Å². The molecule has 4 heterocycles. The van der Waals surface area contributed by atoms with E-state index in [4.69, 9.17) is 38.9 Å². The fraction of sp³-hybridized carbons (Fsp3) is 0.931. The van der Waals surface area contributed by atoms with Gasteiger partial charge in [-0.2, -0.15) is 0 Å². The van der Waals surface area contributed by atoms with Crippen molar-refractivity contribution >= 4 is 19.8 Å². The molecule has 4 rings (SSSR count). The number of carboxylic acid groups (broad SMARTS) is 2. The second-order valence-corrected chi connectivity index (χ2v) is 15.4. The third kappa shape index (κ3) is 10.7. The molecule has 0 aromatic rings. The van der Waals surface area contributed by atoms with Crippen molar-refractivity contribution in [1.82, 2.24) is 0 Å². The molecule has 4 aliphatic heterocycles. The van der Waals surface area contributed by atoms with E-state index >= 15 is 0 Å². The molecule has 4 fully saturated rings. The number of aliphatic hydroxyl groups excluding tert-OH is 13. The standard InChI is InChI=1S/C29H50NO28P/c30-13-15(39)22(58-59(48,49)50)12(52-24(13)43)6-51-28(26(44)45)2-11(55-29(27(46)47)1-7(34)14(38)20(56-29)9(36)4-32)23(21(57-28)10(37)5-33)54-25-18(42)16(40)17(41)19(53-25)8(35)3-31/h7-25,31-43H,1-6,30H2,(H,44,45)(H,46,47)(H2,48,49,50)/t7-,8+,9-,10-,11-,12-,13-,14-,15-,16+,17+,18+,19-,20-,21-,22-,23-,24-,25-,28-,29-/m1/s1. The van der Waals surface area contributed by atoms with E-state index in [1.807, 2.05) is 0 Å². The van der Waals surface area contributed by atoms with Gasteiger partial charge in [0.05, 0.1) is 44.7 Å². The summed E-state index contributed by atoms with van der Waals surface area (Å²) < 4.78 is 54.9. The average molecular weight is 892 g/mol. The third-order valence-electron chi connectivity index (χ3n) is 10.1. The van der Waals surface area contributed by atoms with Crippen LogP contribution in [0.3, 0.4) is 0 Å². The summed E-state index contributed by atoms with van der Waals surface area (Å²) in [6.07, 6.45) is -41.9. The van der Waals surface area contributed by atoms with Gasteiger partial charge in [-0.25, -0.2) is 14.2 Å². The molecule has 0 radical (unpaired) electrons. The molecule has 0 bridgehead atoms. The van der Waals surface area contributed by atoms with Crippen molar-refractivity contribution in [2.24, 2.45) is 5.73 Å². The van der Waals surface area contributed by atoms with Gasteiger partial charge in [0.1, 0.15) is 85.5 Å². The summed E-state index contributed by atoms with van der Waals surface area (Å²) in [6.45, 7) is -4.93. The summed E-state index contributed by atoms with van der Waals surface area (Å²) in [4.78, 5) is 45.0. The van der Waals surface area contributed by atoms with Crippen molar-refractivity contribution in [3.8, 4) is 0 Å². The van der Waals surface area contributed by atoms with Gasteiger partial charge in [0.25, 0.3) is 11.6 Å². The van der Waals surface area contributed by atoms with Crippen LogP contribution in [0.1, 0.15) is 12.8 Å². The largest absolute Gasteiger partial charge is 0.477 e. The maximum atomic E-state index is 13.1. The zero-order valence-corrected chi connectivity index (χ0v) is 31.2. The Morgan fingerprint density at radius 3 is 1.80 bits per heavy atom. The Morgan fingerprint density at radius 1 is 0.712 bits per heavy atom. The summed E-state index contributed by atoms with van der Waals surface area (Å²) in [7, 11) is -5.51. The topological polar surface area (TPSA) is 495 Å². The van der Waals surface area contributed by atoms with Gasteiger partial charge >= 0.3 is 19.8 Å². The van der Waals surface area contributed by atoms with E-state index in [0.717, 1.165) is 0 Å². The molecule has 4 aliphatic rings. The highest BCUT2D eigenvalue weighted by atomic mass is 31.2. The van der Waals surface area contributed by atoms with Gasteiger partial charge < -0.3 is 125 Å². The number of carbonyl (C=O) groups is 2. The maximum Gasteiger partial charge on any atom is 0.470 e. The van der Waals surface area contributed by atoms with Gasteiger partial charge in [0, 0.05) is 12.8 Å². The first-order valence-corrected chi connectivity index (χ1v) is 19.1. The number of phosphoric ester groups is 1. The summed E-state index contributed by atoms with van der Waals surface area (Å²) in [5.74, 6) is -11.0. The molecule has 0 aromatic carbocycles. The Bertz CT molecular complexity index is 1460. The SMILES string of the molecule is N[C@@H]1[C@@H](O)[C@H](OP(=O)(O)O)[C@@H](CO[C@]2(C(=O)O)C[C@@H](O[C@]3(C(=O)O)C[C@@H](O)[C@@H](O)[C@@H]([C@H](O)CO)O3)[C@@H](O[C@H]3O[C@H]([C@@H](O)CO)[C@@H](O)[C@H](O)[C@@H]3O)[C@@H]([C@H](O)CO)O2)O[C@H]1O. The number of aliphatic carboxylic acids is 2. The van der Waals surface area contributed by atoms with Gasteiger partial charge in [0.2, 0.25) is 0 Å². The molecular formula is C29H50NO28P. The molecule has 344 valence electrons. The predicted octanol–water partition coefficient (Wildman–Crippen LogP) is -10.6. The molecule has 0 aliphatic carbocycles.